The van der Waals surface area contributed by atoms with Crippen LogP contribution in [0.1, 0.15) is 36.3 Å². The van der Waals surface area contributed by atoms with Crippen molar-refractivity contribution < 1.29 is 19.4 Å². The summed E-state index contributed by atoms with van der Waals surface area (Å²) in [7, 11) is 0. The van der Waals surface area contributed by atoms with Gasteiger partial charge in [0.15, 0.2) is 5.92 Å². The third kappa shape index (κ3) is 3.48. The van der Waals surface area contributed by atoms with E-state index in [0.29, 0.717) is 12.8 Å². The van der Waals surface area contributed by atoms with Crippen LogP contribution in [-0.2, 0) is 14.3 Å². The number of hydrogen-bond acceptors (Lipinski definition) is 3. The SMILES string of the molecule is C#CCCCC(C(=O)O)C(=O)OCC1c2ccccc2-c2ccccc21. The van der Waals surface area contributed by atoms with Crippen molar-refractivity contribution in [2.24, 2.45) is 5.92 Å². The Kier molecular flexibility index (Phi) is 5.38. The fourth-order valence-electron chi connectivity index (χ4n) is 3.46. The Morgan fingerprint density at radius 3 is 2.19 bits per heavy atom. The molecule has 0 heterocycles. The number of esters is 1. The molecule has 1 unspecified atom stereocenters. The van der Waals surface area contributed by atoms with Gasteiger partial charge < -0.3 is 9.84 Å². The second kappa shape index (κ2) is 7.88. The third-order valence-electron chi connectivity index (χ3n) is 4.75. The fraction of sp³-hybridized carbons (Fsp3) is 0.273. The Morgan fingerprint density at radius 2 is 1.65 bits per heavy atom. The summed E-state index contributed by atoms with van der Waals surface area (Å²) < 4.78 is 5.42. The van der Waals surface area contributed by atoms with Gasteiger partial charge in [-0.15, -0.1) is 12.3 Å². The Balaban J connectivity index is 1.74. The highest BCUT2D eigenvalue weighted by molar-refractivity contribution is 5.94. The van der Waals surface area contributed by atoms with Crippen molar-refractivity contribution in [2.45, 2.75) is 25.2 Å². The molecule has 1 aliphatic rings. The molecule has 0 bridgehead atoms. The van der Waals surface area contributed by atoms with Crippen LogP contribution in [0.3, 0.4) is 0 Å². The lowest BCUT2D eigenvalue weighted by Gasteiger charge is -2.16. The van der Waals surface area contributed by atoms with Crippen LogP contribution in [0.15, 0.2) is 48.5 Å². The lowest BCUT2D eigenvalue weighted by molar-refractivity contribution is -0.159. The zero-order valence-electron chi connectivity index (χ0n) is 14.4. The second-order valence-electron chi connectivity index (χ2n) is 6.34. The molecule has 1 atom stereocenters. The summed E-state index contributed by atoms with van der Waals surface area (Å²) in [6.45, 7) is 0.131. The molecule has 0 amide bonds. The average Bonchev–Trinajstić information content (AvgIpc) is 2.97. The van der Waals surface area contributed by atoms with Crippen molar-refractivity contribution in [1.82, 2.24) is 0 Å². The van der Waals surface area contributed by atoms with Crippen LogP contribution in [0.25, 0.3) is 11.1 Å². The maximum atomic E-state index is 12.3. The van der Waals surface area contributed by atoms with Crippen LogP contribution in [0.2, 0.25) is 0 Å². The zero-order chi connectivity index (χ0) is 18.5. The van der Waals surface area contributed by atoms with Gasteiger partial charge in [0.25, 0.3) is 0 Å². The summed E-state index contributed by atoms with van der Waals surface area (Å²) in [5, 5.41) is 9.30. The summed E-state index contributed by atoms with van der Waals surface area (Å²) in [6.07, 6.45) is 6.30. The number of hydrogen-bond donors (Lipinski definition) is 1. The van der Waals surface area contributed by atoms with Crippen LogP contribution >= 0.6 is 0 Å². The summed E-state index contributed by atoms with van der Waals surface area (Å²) in [5.74, 6) is -0.659. The molecule has 1 aliphatic carbocycles. The van der Waals surface area contributed by atoms with E-state index in [4.69, 9.17) is 11.2 Å². The van der Waals surface area contributed by atoms with Gasteiger partial charge >= 0.3 is 11.9 Å². The number of rotatable bonds is 7. The van der Waals surface area contributed by atoms with Crippen molar-refractivity contribution in [2.75, 3.05) is 6.61 Å². The first-order valence-corrected chi connectivity index (χ1v) is 8.64. The number of benzene rings is 2. The standard InChI is InChI=1S/C22H20O4/c1-2-3-4-13-19(21(23)24)22(25)26-14-20-17-11-7-5-9-15(17)16-10-6-8-12-18(16)20/h1,5-12,19-20H,3-4,13-14H2,(H,23,24). The number of ether oxygens (including phenoxy) is 1. The monoisotopic (exact) mass is 348 g/mol. The first-order chi connectivity index (χ1) is 12.6. The van der Waals surface area contributed by atoms with Crippen molar-refractivity contribution in [3.05, 3.63) is 59.7 Å². The van der Waals surface area contributed by atoms with Crippen molar-refractivity contribution in [1.29, 1.82) is 0 Å². The van der Waals surface area contributed by atoms with E-state index in [-0.39, 0.29) is 18.9 Å². The van der Waals surface area contributed by atoms with E-state index in [0.717, 1.165) is 22.3 Å². The van der Waals surface area contributed by atoms with Gasteiger partial charge in [0.2, 0.25) is 0 Å². The lowest BCUT2D eigenvalue weighted by atomic mass is 9.98. The molecule has 26 heavy (non-hydrogen) atoms. The molecule has 2 aromatic carbocycles. The molecular weight excluding hydrogens is 328 g/mol. The van der Waals surface area contributed by atoms with Gasteiger partial charge in [-0.25, -0.2) is 0 Å². The molecule has 0 saturated heterocycles. The largest absolute Gasteiger partial charge is 0.481 e. The first-order valence-electron chi connectivity index (χ1n) is 8.64. The fourth-order valence-corrected chi connectivity index (χ4v) is 3.46. The summed E-state index contributed by atoms with van der Waals surface area (Å²) in [4.78, 5) is 23.7. The minimum atomic E-state index is -1.17. The quantitative estimate of drug-likeness (QED) is 0.357. The number of carbonyl (C=O) groups excluding carboxylic acids is 1. The number of aliphatic carboxylic acids is 1. The maximum absolute atomic E-state index is 12.3. The highest BCUT2D eigenvalue weighted by Crippen LogP contribution is 2.44. The summed E-state index contributed by atoms with van der Waals surface area (Å²) in [6, 6.07) is 16.0. The molecule has 0 aromatic heterocycles. The van der Waals surface area contributed by atoms with Gasteiger partial charge in [-0.2, -0.15) is 0 Å². The number of unbranched alkanes of at least 4 members (excludes halogenated alkanes) is 1. The van der Waals surface area contributed by atoms with E-state index >= 15 is 0 Å². The van der Waals surface area contributed by atoms with Gasteiger partial charge in [0, 0.05) is 12.3 Å². The summed E-state index contributed by atoms with van der Waals surface area (Å²) in [5.41, 5.74) is 4.46. The van der Waals surface area contributed by atoms with Crippen LogP contribution in [0.5, 0.6) is 0 Å². The predicted octanol–water partition coefficient (Wildman–Crippen LogP) is 3.85. The van der Waals surface area contributed by atoms with Gasteiger partial charge in [0.05, 0.1) is 0 Å². The van der Waals surface area contributed by atoms with E-state index in [2.05, 4.69) is 18.1 Å². The number of carboxylic acids is 1. The van der Waals surface area contributed by atoms with Gasteiger partial charge in [-0.3, -0.25) is 9.59 Å². The van der Waals surface area contributed by atoms with Crippen LogP contribution in [0.4, 0.5) is 0 Å². The van der Waals surface area contributed by atoms with Crippen LogP contribution in [-0.4, -0.2) is 23.7 Å². The number of carbonyl (C=O) groups is 2. The second-order valence-corrected chi connectivity index (χ2v) is 6.34. The van der Waals surface area contributed by atoms with Crippen LogP contribution in [0, 0.1) is 18.3 Å². The molecule has 0 saturated carbocycles. The first kappa shape index (κ1) is 17.8. The number of carboxylic acid groups (broad SMARTS) is 1. The molecular formula is C22H20O4. The molecule has 4 nitrogen and oxygen atoms in total. The van der Waals surface area contributed by atoms with Gasteiger partial charge in [-0.1, -0.05) is 48.5 Å². The van der Waals surface area contributed by atoms with E-state index in [9.17, 15) is 14.7 Å². The Morgan fingerprint density at radius 1 is 1.08 bits per heavy atom. The van der Waals surface area contributed by atoms with Gasteiger partial charge in [0.1, 0.15) is 6.61 Å². The van der Waals surface area contributed by atoms with E-state index in [1.807, 2.05) is 36.4 Å². The Bertz CT molecular complexity index is 817. The zero-order valence-corrected chi connectivity index (χ0v) is 14.4. The summed E-state index contributed by atoms with van der Waals surface area (Å²) >= 11 is 0. The highest BCUT2D eigenvalue weighted by atomic mass is 16.5. The molecule has 0 aliphatic heterocycles. The molecule has 0 spiro atoms. The van der Waals surface area contributed by atoms with E-state index in [1.165, 1.54) is 0 Å². The van der Waals surface area contributed by atoms with E-state index in [1.54, 1.807) is 0 Å². The smallest absolute Gasteiger partial charge is 0.320 e. The maximum Gasteiger partial charge on any atom is 0.320 e. The topological polar surface area (TPSA) is 63.6 Å². The molecule has 2 aromatic rings. The van der Waals surface area contributed by atoms with Crippen LogP contribution < -0.4 is 0 Å². The van der Waals surface area contributed by atoms with Crippen molar-refractivity contribution in [3.63, 3.8) is 0 Å². The molecule has 132 valence electrons. The lowest BCUT2D eigenvalue weighted by Crippen LogP contribution is -2.27. The molecule has 1 N–H and O–H groups in total. The van der Waals surface area contributed by atoms with Gasteiger partial charge in [-0.05, 0) is 35.1 Å². The normalized spacial score (nSPS) is 13.3. The highest BCUT2D eigenvalue weighted by Gasteiger charge is 2.32. The predicted molar refractivity (Wildman–Crippen MR) is 98.5 cm³/mol. The molecule has 0 radical (unpaired) electrons. The third-order valence-corrected chi connectivity index (χ3v) is 4.75. The van der Waals surface area contributed by atoms with E-state index < -0.39 is 17.9 Å². The number of fused-ring (bicyclic) bond motifs is 3. The Labute approximate surface area is 152 Å². The minimum absolute atomic E-state index is 0.0773. The average molecular weight is 348 g/mol. The molecule has 0 fully saturated rings. The molecule has 4 heteroatoms. The molecule has 3 rings (SSSR count). The van der Waals surface area contributed by atoms with Crippen molar-refractivity contribution in [3.8, 4) is 23.5 Å². The van der Waals surface area contributed by atoms with Crippen molar-refractivity contribution >= 4 is 11.9 Å². The Hall–Kier alpha value is -3.06. The minimum Gasteiger partial charge on any atom is -0.481 e. The number of terminal acetylenes is 1.